The van der Waals surface area contributed by atoms with Gasteiger partial charge in [-0.05, 0) is 32.1 Å². The molecule has 112 valence electrons. The van der Waals surface area contributed by atoms with Crippen molar-refractivity contribution in [2.24, 2.45) is 0 Å². The van der Waals surface area contributed by atoms with E-state index < -0.39 is 0 Å². The second-order valence-electron chi connectivity index (χ2n) is 4.80. The minimum Gasteiger partial charge on any atom is -0.415 e. The Morgan fingerprint density at radius 2 is 2.05 bits per heavy atom. The molecule has 0 radical (unpaired) electrons. The molecule has 0 aliphatic carbocycles. The average molecular weight is 323 g/mol. The van der Waals surface area contributed by atoms with E-state index in [0.29, 0.717) is 16.9 Å². The van der Waals surface area contributed by atoms with Crippen molar-refractivity contribution in [1.82, 2.24) is 20.2 Å². The van der Waals surface area contributed by atoms with Gasteiger partial charge in [-0.15, -0.1) is 10.2 Å². The SMILES string of the molecule is CSc1nnc(CSc2cc(C)nc(N3CCCC3)n2)o1. The highest BCUT2D eigenvalue weighted by Crippen LogP contribution is 2.25. The molecule has 8 heteroatoms. The number of hydrogen-bond acceptors (Lipinski definition) is 8. The van der Waals surface area contributed by atoms with Crippen molar-refractivity contribution in [2.45, 2.75) is 35.8 Å². The predicted molar refractivity (Wildman–Crippen MR) is 83.9 cm³/mol. The van der Waals surface area contributed by atoms with Crippen LogP contribution in [0.1, 0.15) is 24.4 Å². The van der Waals surface area contributed by atoms with E-state index in [-0.39, 0.29) is 0 Å². The molecule has 1 aliphatic rings. The van der Waals surface area contributed by atoms with E-state index in [1.165, 1.54) is 24.6 Å². The summed E-state index contributed by atoms with van der Waals surface area (Å²) in [5, 5.41) is 9.50. The summed E-state index contributed by atoms with van der Waals surface area (Å²) in [5.74, 6) is 2.09. The molecule has 6 nitrogen and oxygen atoms in total. The van der Waals surface area contributed by atoms with E-state index >= 15 is 0 Å². The van der Waals surface area contributed by atoms with Gasteiger partial charge in [-0.25, -0.2) is 9.97 Å². The van der Waals surface area contributed by atoms with Crippen molar-refractivity contribution in [2.75, 3.05) is 24.2 Å². The summed E-state index contributed by atoms with van der Waals surface area (Å²) < 4.78 is 5.48. The summed E-state index contributed by atoms with van der Waals surface area (Å²) in [5.41, 5.74) is 0.990. The monoisotopic (exact) mass is 323 g/mol. The first-order chi connectivity index (χ1) is 10.2. The highest BCUT2D eigenvalue weighted by molar-refractivity contribution is 7.98. The van der Waals surface area contributed by atoms with Gasteiger partial charge in [0.1, 0.15) is 5.03 Å². The van der Waals surface area contributed by atoms with Crippen LogP contribution < -0.4 is 4.90 Å². The quantitative estimate of drug-likeness (QED) is 0.614. The molecule has 1 aliphatic heterocycles. The van der Waals surface area contributed by atoms with E-state index in [9.17, 15) is 0 Å². The fourth-order valence-corrected chi connectivity index (χ4v) is 3.26. The van der Waals surface area contributed by atoms with Gasteiger partial charge in [-0.2, -0.15) is 0 Å². The van der Waals surface area contributed by atoms with Gasteiger partial charge in [0.15, 0.2) is 0 Å². The lowest BCUT2D eigenvalue weighted by molar-refractivity contribution is 0.427. The number of anilines is 1. The summed E-state index contributed by atoms with van der Waals surface area (Å²) >= 11 is 3.05. The molecule has 3 rings (SSSR count). The van der Waals surface area contributed by atoms with Crippen molar-refractivity contribution in [3.05, 3.63) is 17.7 Å². The summed E-state index contributed by atoms with van der Waals surface area (Å²) in [6.45, 7) is 4.10. The van der Waals surface area contributed by atoms with E-state index in [0.717, 1.165) is 29.8 Å². The third-order valence-electron chi connectivity index (χ3n) is 3.17. The van der Waals surface area contributed by atoms with Crippen LogP contribution >= 0.6 is 23.5 Å². The van der Waals surface area contributed by atoms with E-state index in [4.69, 9.17) is 4.42 Å². The Balaban J connectivity index is 1.69. The van der Waals surface area contributed by atoms with Crippen molar-refractivity contribution < 1.29 is 4.42 Å². The van der Waals surface area contributed by atoms with Gasteiger partial charge in [0, 0.05) is 18.8 Å². The lowest BCUT2D eigenvalue weighted by Crippen LogP contribution is -2.20. The van der Waals surface area contributed by atoms with Crippen LogP contribution in [0.2, 0.25) is 0 Å². The zero-order valence-electron chi connectivity index (χ0n) is 12.1. The Bertz CT molecular complexity index is 612. The number of rotatable bonds is 5. The third-order valence-corrected chi connectivity index (χ3v) is 4.58. The van der Waals surface area contributed by atoms with Crippen LogP contribution in [-0.2, 0) is 5.75 Å². The minimum atomic E-state index is 0.599. The summed E-state index contributed by atoms with van der Waals surface area (Å²) in [4.78, 5) is 11.4. The van der Waals surface area contributed by atoms with Crippen molar-refractivity contribution in [3.63, 3.8) is 0 Å². The molecular weight excluding hydrogens is 306 g/mol. The molecule has 0 aromatic carbocycles. The molecule has 2 aromatic rings. The van der Waals surface area contributed by atoms with Crippen LogP contribution in [0.4, 0.5) is 5.95 Å². The molecule has 0 bridgehead atoms. The number of hydrogen-bond donors (Lipinski definition) is 0. The Kier molecular flexibility index (Phi) is 4.64. The molecule has 0 spiro atoms. The molecule has 1 fully saturated rings. The fourth-order valence-electron chi connectivity index (χ4n) is 2.17. The van der Waals surface area contributed by atoms with Crippen LogP contribution in [0.15, 0.2) is 20.7 Å². The van der Waals surface area contributed by atoms with Crippen molar-refractivity contribution in [3.8, 4) is 0 Å². The highest BCUT2D eigenvalue weighted by Gasteiger charge is 2.16. The smallest absolute Gasteiger partial charge is 0.276 e. The molecule has 0 N–H and O–H groups in total. The standard InChI is InChI=1S/C13H17N5OS2/c1-9-7-11(15-12(14-9)18-5-3-4-6-18)21-8-10-16-17-13(19-10)20-2/h7H,3-6,8H2,1-2H3. The van der Waals surface area contributed by atoms with Gasteiger partial charge in [0.05, 0.1) is 5.75 Å². The topological polar surface area (TPSA) is 67.9 Å². The summed E-state index contributed by atoms with van der Waals surface area (Å²) in [6.07, 6.45) is 4.36. The second-order valence-corrected chi connectivity index (χ2v) is 6.55. The molecule has 0 amide bonds. The van der Waals surface area contributed by atoms with Crippen LogP contribution in [0.5, 0.6) is 0 Å². The Hall–Kier alpha value is -1.28. The van der Waals surface area contributed by atoms with Gasteiger partial charge in [0.25, 0.3) is 5.22 Å². The first-order valence-electron chi connectivity index (χ1n) is 6.84. The van der Waals surface area contributed by atoms with Crippen molar-refractivity contribution >= 4 is 29.5 Å². The lowest BCUT2D eigenvalue weighted by atomic mass is 10.4. The van der Waals surface area contributed by atoms with E-state index in [1.807, 2.05) is 19.2 Å². The molecule has 0 atom stereocenters. The maximum Gasteiger partial charge on any atom is 0.276 e. The molecule has 2 aromatic heterocycles. The van der Waals surface area contributed by atoms with Crippen molar-refractivity contribution in [1.29, 1.82) is 0 Å². The minimum absolute atomic E-state index is 0.599. The van der Waals surface area contributed by atoms with Gasteiger partial charge >= 0.3 is 0 Å². The number of aryl methyl sites for hydroxylation is 1. The van der Waals surface area contributed by atoms with Gasteiger partial charge < -0.3 is 9.32 Å². The molecule has 0 saturated carbocycles. The highest BCUT2D eigenvalue weighted by atomic mass is 32.2. The second kappa shape index (κ2) is 6.65. The Morgan fingerprint density at radius 1 is 1.24 bits per heavy atom. The first-order valence-corrected chi connectivity index (χ1v) is 9.05. The normalized spacial score (nSPS) is 14.9. The number of nitrogens with zero attached hydrogens (tertiary/aromatic N) is 5. The Labute approximate surface area is 132 Å². The van der Waals surface area contributed by atoms with Gasteiger partial charge in [-0.1, -0.05) is 23.5 Å². The van der Waals surface area contributed by atoms with E-state index in [2.05, 4.69) is 25.1 Å². The zero-order valence-corrected chi connectivity index (χ0v) is 13.7. The predicted octanol–water partition coefficient (Wildman–Crippen LogP) is 2.78. The third kappa shape index (κ3) is 3.68. The van der Waals surface area contributed by atoms with Gasteiger partial charge in [0.2, 0.25) is 11.8 Å². The summed E-state index contributed by atoms with van der Waals surface area (Å²) in [7, 11) is 0. The maximum absolute atomic E-state index is 5.48. The van der Waals surface area contributed by atoms with Gasteiger partial charge in [-0.3, -0.25) is 0 Å². The average Bonchev–Trinajstić information content (AvgIpc) is 3.16. The zero-order chi connectivity index (χ0) is 14.7. The molecular formula is C13H17N5OS2. The molecule has 0 unspecified atom stereocenters. The largest absolute Gasteiger partial charge is 0.415 e. The maximum atomic E-state index is 5.48. The molecule has 21 heavy (non-hydrogen) atoms. The van der Waals surface area contributed by atoms with Crippen LogP contribution in [0, 0.1) is 6.92 Å². The van der Waals surface area contributed by atoms with Crippen LogP contribution in [0.3, 0.4) is 0 Å². The number of aromatic nitrogens is 4. The lowest BCUT2D eigenvalue weighted by Gasteiger charge is -2.16. The summed E-state index contributed by atoms with van der Waals surface area (Å²) in [6, 6.07) is 2.00. The number of thioether (sulfide) groups is 2. The van der Waals surface area contributed by atoms with Crippen LogP contribution in [-0.4, -0.2) is 39.5 Å². The first kappa shape index (κ1) is 14.6. The molecule has 1 saturated heterocycles. The fraction of sp³-hybridized carbons (Fsp3) is 0.538. The van der Waals surface area contributed by atoms with E-state index in [1.54, 1.807) is 11.8 Å². The molecule has 3 heterocycles. The Morgan fingerprint density at radius 3 is 2.76 bits per heavy atom. The van der Waals surface area contributed by atoms with Crippen LogP contribution in [0.25, 0.3) is 0 Å².